The van der Waals surface area contributed by atoms with E-state index in [9.17, 15) is 0 Å². The van der Waals surface area contributed by atoms with Crippen LogP contribution in [-0.2, 0) is 13.6 Å². The Labute approximate surface area is 97.7 Å². The van der Waals surface area contributed by atoms with E-state index in [1.807, 2.05) is 17.9 Å². The number of aryl methyl sites for hydroxylation is 1. The van der Waals surface area contributed by atoms with Crippen LogP contribution in [0.25, 0.3) is 0 Å². The fourth-order valence-corrected chi connectivity index (χ4v) is 1.77. The molecule has 92 valence electrons. The molecule has 0 radical (unpaired) electrons. The van der Waals surface area contributed by atoms with E-state index in [0.717, 1.165) is 18.7 Å². The average molecular weight is 225 g/mol. The summed E-state index contributed by atoms with van der Waals surface area (Å²) in [5.41, 5.74) is 2.37. The van der Waals surface area contributed by atoms with Crippen molar-refractivity contribution in [3.8, 4) is 0 Å². The molecule has 1 heterocycles. The highest BCUT2D eigenvalue weighted by molar-refractivity contribution is 5.20. The van der Waals surface area contributed by atoms with Gasteiger partial charge in [-0.2, -0.15) is 5.10 Å². The number of aliphatic hydroxyl groups is 1. The maximum absolute atomic E-state index is 9.10. The first kappa shape index (κ1) is 13.2. The standard InChI is InChI=1S/C12H23N3O/c1-5-11(8-16)13-6-10-7-15(4)14-12(10)9(2)3/h7,9,11,13,16H,5-6,8H2,1-4H3. The highest BCUT2D eigenvalue weighted by atomic mass is 16.3. The summed E-state index contributed by atoms with van der Waals surface area (Å²) in [4.78, 5) is 0. The quantitative estimate of drug-likeness (QED) is 0.769. The molecule has 0 bridgehead atoms. The van der Waals surface area contributed by atoms with E-state index in [1.165, 1.54) is 5.56 Å². The molecule has 0 saturated heterocycles. The molecule has 0 fully saturated rings. The van der Waals surface area contributed by atoms with Crippen LogP contribution in [0.3, 0.4) is 0 Å². The first-order valence-corrected chi connectivity index (χ1v) is 5.95. The SMILES string of the molecule is CCC(CO)NCc1cn(C)nc1C(C)C. The number of aromatic nitrogens is 2. The zero-order valence-electron chi connectivity index (χ0n) is 10.7. The van der Waals surface area contributed by atoms with Crippen LogP contribution >= 0.6 is 0 Å². The van der Waals surface area contributed by atoms with E-state index < -0.39 is 0 Å². The van der Waals surface area contributed by atoms with Crippen molar-refractivity contribution in [2.24, 2.45) is 7.05 Å². The predicted octanol–water partition coefficient (Wildman–Crippen LogP) is 1.40. The Kier molecular flexibility index (Phi) is 4.96. The molecule has 0 aliphatic rings. The van der Waals surface area contributed by atoms with Gasteiger partial charge in [-0.1, -0.05) is 20.8 Å². The maximum atomic E-state index is 9.10. The average Bonchev–Trinajstić information content (AvgIpc) is 2.61. The molecule has 0 aliphatic heterocycles. The smallest absolute Gasteiger partial charge is 0.0694 e. The second kappa shape index (κ2) is 6.01. The Hall–Kier alpha value is -0.870. The third-order valence-corrected chi connectivity index (χ3v) is 2.78. The fourth-order valence-electron chi connectivity index (χ4n) is 1.77. The molecule has 1 rings (SSSR count). The molecule has 0 aliphatic carbocycles. The summed E-state index contributed by atoms with van der Waals surface area (Å²) in [5, 5.41) is 16.9. The van der Waals surface area contributed by atoms with Crippen LogP contribution in [0.4, 0.5) is 0 Å². The monoisotopic (exact) mass is 225 g/mol. The molecule has 0 aromatic carbocycles. The van der Waals surface area contributed by atoms with Crippen molar-refractivity contribution in [1.82, 2.24) is 15.1 Å². The van der Waals surface area contributed by atoms with E-state index in [0.29, 0.717) is 5.92 Å². The van der Waals surface area contributed by atoms with Gasteiger partial charge in [-0.05, 0) is 12.3 Å². The fraction of sp³-hybridized carbons (Fsp3) is 0.750. The van der Waals surface area contributed by atoms with Crippen LogP contribution in [0.1, 0.15) is 44.4 Å². The molecule has 1 aromatic heterocycles. The lowest BCUT2D eigenvalue weighted by molar-refractivity contribution is 0.238. The first-order chi connectivity index (χ1) is 7.58. The van der Waals surface area contributed by atoms with Crippen molar-refractivity contribution in [2.75, 3.05) is 6.61 Å². The topological polar surface area (TPSA) is 50.1 Å². The van der Waals surface area contributed by atoms with Gasteiger partial charge in [0.25, 0.3) is 0 Å². The van der Waals surface area contributed by atoms with E-state index in [-0.39, 0.29) is 12.6 Å². The first-order valence-electron chi connectivity index (χ1n) is 5.95. The lowest BCUT2D eigenvalue weighted by Crippen LogP contribution is -2.31. The molecular weight excluding hydrogens is 202 g/mol. The molecule has 1 aromatic rings. The molecule has 0 amide bonds. The van der Waals surface area contributed by atoms with Gasteiger partial charge in [-0.15, -0.1) is 0 Å². The van der Waals surface area contributed by atoms with E-state index in [4.69, 9.17) is 5.11 Å². The number of rotatable bonds is 6. The summed E-state index contributed by atoms with van der Waals surface area (Å²) in [6, 6.07) is 0.181. The molecule has 0 saturated carbocycles. The second-order valence-electron chi connectivity index (χ2n) is 4.54. The van der Waals surface area contributed by atoms with Crippen molar-refractivity contribution < 1.29 is 5.11 Å². The van der Waals surface area contributed by atoms with Crippen molar-refractivity contribution in [3.63, 3.8) is 0 Å². The van der Waals surface area contributed by atoms with Crippen LogP contribution in [0.5, 0.6) is 0 Å². The number of hydrogen-bond donors (Lipinski definition) is 2. The lowest BCUT2D eigenvalue weighted by atomic mass is 10.1. The van der Waals surface area contributed by atoms with Gasteiger partial charge in [0.1, 0.15) is 0 Å². The van der Waals surface area contributed by atoms with Crippen LogP contribution in [0.15, 0.2) is 6.20 Å². The van der Waals surface area contributed by atoms with Crippen LogP contribution in [0.2, 0.25) is 0 Å². The minimum absolute atomic E-state index is 0.181. The summed E-state index contributed by atoms with van der Waals surface area (Å²) in [7, 11) is 1.94. The lowest BCUT2D eigenvalue weighted by Gasteiger charge is -2.14. The molecule has 16 heavy (non-hydrogen) atoms. The zero-order chi connectivity index (χ0) is 12.1. The molecular formula is C12H23N3O. The van der Waals surface area contributed by atoms with Gasteiger partial charge in [-0.3, -0.25) is 4.68 Å². The van der Waals surface area contributed by atoms with Crippen molar-refractivity contribution in [2.45, 2.75) is 45.7 Å². The molecule has 2 N–H and O–H groups in total. The van der Waals surface area contributed by atoms with Gasteiger partial charge in [0.2, 0.25) is 0 Å². The summed E-state index contributed by atoms with van der Waals surface area (Å²) < 4.78 is 1.85. The van der Waals surface area contributed by atoms with E-state index in [1.54, 1.807) is 0 Å². The summed E-state index contributed by atoms with van der Waals surface area (Å²) >= 11 is 0. The normalized spacial score (nSPS) is 13.4. The molecule has 0 spiro atoms. The Morgan fingerprint density at radius 2 is 2.19 bits per heavy atom. The summed E-state index contributed by atoms with van der Waals surface area (Å²) in [6.07, 6.45) is 2.99. The van der Waals surface area contributed by atoms with Gasteiger partial charge < -0.3 is 10.4 Å². The van der Waals surface area contributed by atoms with Crippen LogP contribution in [0, 0.1) is 0 Å². The van der Waals surface area contributed by atoms with E-state index in [2.05, 4.69) is 31.2 Å². The van der Waals surface area contributed by atoms with Crippen LogP contribution in [-0.4, -0.2) is 27.5 Å². The van der Waals surface area contributed by atoms with Gasteiger partial charge in [0.15, 0.2) is 0 Å². The maximum Gasteiger partial charge on any atom is 0.0694 e. The zero-order valence-corrected chi connectivity index (χ0v) is 10.7. The van der Waals surface area contributed by atoms with Gasteiger partial charge >= 0.3 is 0 Å². The number of nitrogens with zero attached hydrogens (tertiary/aromatic N) is 2. The van der Waals surface area contributed by atoms with Crippen molar-refractivity contribution >= 4 is 0 Å². The largest absolute Gasteiger partial charge is 0.395 e. The Morgan fingerprint density at radius 1 is 1.50 bits per heavy atom. The number of aliphatic hydroxyl groups excluding tert-OH is 1. The van der Waals surface area contributed by atoms with Crippen LogP contribution < -0.4 is 5.32 Å². The highest BCUT2D eigenvalue weighted by Gasteiger charge is 2.12. The molecule has 4 heteroatoms. The predicted molar refractivity (Wildman–Crippen MR) is 65.3 cm³/mol. The second-order valence-corrected chi connectivity index (χ2v) is 4.54. The van der Waals surface area contributed by atoms with Crippen molar-refractivity contribution in [3.05, 3.63) is 17.5 Å². The molecule has 1 unspecified atom stereocenters. The Bertz CT molecular complexity index is 316. The number of nitrogens with one attached hydrogen (secondary N) is 1. The van der Waals surface area contributed by atoms with Gasteiger partial charge in [-0.25, -0.2) is 0 Å². The van der Waals surface area contributed by atoms with Crippen molar-refractivity contribution in [1.29, 1.82) is 0 Å². The molecule has 1 atom stereocenters. The number of hydrogen-bond acceptors (Lipinski definition) is 3. The molecule has 4 nitrogen and oxygen atoms in total. The summed E-state index contributed by atoms with van der Waals surface area (Å²) in [5.74, 6) is 0.437. The summed E-state index contributed by atoms with van der Waals surface area (Å²) in [6.45, 7) is 7.33. The third-order valence-electron chi connectivity index (χ3n) is 2.78. The minimum Gasteiger partial charge on any atom is -0.395 e. The van der Waals surface area contributed by atoms with E-state index >= 15 is 0 Å². The minimum atomic E-state index is 0.181. The third kappa shape index (κ3) is 3.32. The Morgan fingerprint density at radius 3 is 2.69 bits per heavy atom. The Balaban J connectivity index is 2.65. The van der Waals surface area contributed by atoms with Gasteiger partial charge in [0.05, 0.1) is 12.3 Å². The highest BCUT2D eigenvalue weighted by Crippen LogP contribution is 2.17. The van der Waals surface area contributed by atoms with Gasteiger partial charge in [0, 0.05) is 31.4 Å².